The van der Waals surface area contributed by atoms with E-state index in [0.717, 1.165) is 37.3 Å². The van der Waals surface area contributed by atoms with Crippen LogP contribution in [0.15, 0.2) is 36.4 Å². The van der Waals surface area contributed by atoms with Crippen molar-refractivity contribution in [3.63, 3.8) is 0 Å². The number of carbonyl (C=O) groups excluding carboxylic acids is 2. The van der Waals surface area contributed by atoms with Crippen LogP contribution in [0, 0.1) is 28.5 Å². The SMILES string of the molecule is C[C@@](COc1ccc(C#N)c(F)c1)(OC(=O)CC(O)(CC(=O)O)C(=O)O)C(=O)Nc1ccc(C#N)c(C(F)(F)F)c1. The predicted molar refractivity (Wildman–Crippen MR) is 125 cm³/mol. The fourth-order valence-corrected chi connectivity index (χ4v) is 3.25. The first-order chi connectivity index (χ1) is 18.9. The molecule has 216 valence electrons. The number of aliphatic carboxylic acids is 2. The zero-order chi connectivity index (χ0) is 31.2. The largest absolute Gasteiger partial charge is 0.489 e. The van der Waals surface area contributed by atoms with E-state index >= 15 is 0 Å². The predicted octanol–water partition coefficient (Wildman–Crippen LogP) is 2.59. The Morgan fingerprint density at radius 1 is 0.976 bits per heavy atom. The summed E-state index contributed by atoms with van der Waals surface area (Å²) in [5.74, 6) is -8.19. The van der Waals surface area contributed by atoms with Crippen molar-refractivity contribution in [3.8, 4) is 17.9 Å². The first kappa shape index (κ1) is 32.0. The summed E-state index contributed by atoms with van der Waals surface area (Å²) in [5.41, 5.74) is -8.72. The molecule has 2 aromatic rings. The quantitative estimate of drug-likeness (QED) is 0.224. The number of rotatable bonds is 11. The average Bonchev–Trinajstić information content (AvgIpc) is 2.86. The van der Waals surface area contributed by atoms with E-state index in [9.17, 15) is 47.0 Å². The number of hydrogen-bond acceptors (Lipinski definition) is 9. The number of aliphatic hydroxyl groups is 1. The maximum Gasteiger partial charge on any atom is 0.417 e. The van der Waals surface area contributed by atoms with E-state index in [1.54, 1.807) is 6.07 Å². The number of nitriles is 2. The minimum Gasteiger partial charge on any atom is -0.489 e. The van der Waals surface area contributed by atoms with Crippen LogP contribution < -0.4 is 10.1 Å². The molecule has 0 saturated heterocycles. The smallest absolute Gasteiger partial charge is 0.417 e. The van der Waals surface area contributed by atoms with Gasteiger partial charge in [-0.3, -0.25) is 14.4 Å². The fourth-order valence-electron chi connectivity index (χ4n) is 3.25. The lowest BCUT2D eigenvalue weighted by Crippen LogP contribution is -2.51. The number of halogens is 4. The molecule has 0 bridgehead atoms. The van der Waals surface area contributed by atoms with Crippen LogP contribution in [0.3, 0.4) is 0 Å². The molecule has 2 rings (SSSR count). The van der Waals surface area contributed by atoms with Crippen LogP contribution in [0.4, 0.5) is 23.2 Å². The van der Waals surface area contributed by atoms with Gasteiger partial charge in [0.05, 0.1) is 35.6 Å². The first-order valence-electron chi connectivity index (χ1n) is 11.1. The summed E-state index contributed by atoms with van der Waals surface area (Å²) in [6.07, 6.45) is -7.90. The highest BCUT2D eigenvalue weighted by atomic mass is 19.4. The van der Waals surface area contributed by atoms with Crippen LogP contribution in [0.2, 0.25) is 0 Å². The van der Waals surface area contributed by atoms with Crippen molar-refractivity contribution in [3.05, 3.63) is 58.9 Å². The van der Waals surface area contributed by atoms with Gasteiger partial charge in [0.15, 0.2) is 5.60 Å². The Hall–Kier alpha value is -5.22. The molecule has 0 saturated carbocycles. The topological polar surface area (TPSA) is 207 Å². The molecule has 12 nitrogen and oxygen atoms in total. The van der Waals surface area contributed by atoms with Crippen LogP contribution in [0.25, 0.3) is 0 Å². The Kier molecular flexibility index (Phi) is 9.61. The minimum atomic E-state index is -4.99. The maximum atomic E-state index is 14.0. The number of anilines is 1. The van der Waals surface area contributed by atoms with Gasteiger partial charge in [0.1, 0.15) is 24.2 Å². The van der Waals surface area contributed by atoms with E-state index in [2.05, 4.69) is 0 Å². The third-order valence-electron chi connectivity index (χ3n) is 5.38. The molecule has 0 heterocycles. The zero-order valence-corrected chi connectivity index (χ0v) is 20.8. The Morgan fingerprint density at radius 2 is 1.59 bits per heavy atom. The summed E-state index contributed by atoms with van der Waals surface area (Å²) in [7, 11) is 0. The molecule has 2 aromatic carbocycles. The highest BCUT2D eigenvalue weighted by molar-refractivity contribution is 5.99. The van der Waals surface area contributed by atoms with Crippen molar-refractivity contribution in [1.82, 2.24) is 0 Å². The summed E-state index contributed by atoms with van der Waals surface area (Å²) in [6.45, 7) is -0.0890. The molecular formula is C25H19F4N3O9. The number of nitrogens with zero attached hydrogens (tertiary/aromatic N) is 2. The maximum absolute atomic E-state index is 14.0. The zero-order valence-electron chi connectivity index (χ0n) is 20.8. The normalized spacial score (nSPS) is 13.9. The van der Waals surface area contributed by atoms with E-state index in [1.165, 1.54) is 6.07 Å². The second kappa shape index (κ2) is 12.3. The van der Waals surface area contributed by atoms with Crippen LogP contribution >= 0.6 is 0 Å². The summed E-state index contributed by atoms with van der Waals surface area (Å²) < 4.78 is 64.3. The number of carbonyl (C=O) groups is 4. The Balaban J connectivity index is 2.42. The van der Waals surface area contributed by atoms with E-state index < -0.39 is 83.3 Å². The monoisotopic (exact) mass is 581 g/mol. The molecule has 0 spiro atoms. The van der Waals surface area contributed by atoms with Gasteiger partial charge in [0, 0.05) is 11.8 Å². The van der Waals surface area contributed by atoms with Gasteiger partial charge < -0.3 is 30.1 Å². The highest BCUT2D eigenvalue weighted by Gasteiger charge is 2.45. The number of hydrogen-bond donors (Lipinski definition) is 4. The molecular weight excluding hydrogens is 562 g/mol. The lowest BCUT2D eigenvalue weighted by molar-refractivity contribution is -0.180. The van der Waals surface area contributed by atoms with Gasteiger partial charge in [-0.05, 0) is 37.3 Å². The number of benzene rings is 2. The van der Waals surface area contributed by atoms with Gasteiger partial charge in [-0.2, -0.15) is 23.7 Å². The number of nitrogens with one attached hydrogen (secondary N) is 1. The van der Waals surface area contributed by atoms with Crippen LogP contribution in [0.5, 0.6) is 5.75 Å². The number of alkyl halides is 3. The number of carboxylic acids is 2. The lowest BCUT2D eigenvalue weighted by atomic mass is 9.95. The molecule has 4 N–H and O–H groups in total. The van der Waals surface area contributed by atoms with Crippen molar-refractivity contribution < 1.29 is 61.5 Å². The lowest BCUT2D eigenvalue weighted by Gasteiger charge is -2.30. The molecule has 16 heteroatoms. The Labute approximate surface area is 227 Å². The molecule has 2 atom stereocenters. The highest BCUT2D eigenvalue weighted by Crippen LogP contribution is 2.34. The molecule has 0 aliphatic heterocycles. The molecule has 1 unspecified atom stereocenters. The van der Waals surface area contributed by atoms with Crippen molar-refractivity contribution >= 4 is 29.5 Å². The van der Waals surface area contributed by atoms with Gasteiger partial charge in [-0.1, -0.05) is 0 Å². The van der Waals surface area contributed by atoms with Gasteiger partial charge in [-0.25, -0.2) is 9.18 Å². The molecule has 0 aromatic heterocycles. The standard InChI is InChI=1S/C25H19F4N3O9/c1-23(12-40-16-5-3-14(11-31)18(26)7-16,41-20(35)9-24(39,22(37)38)8-19(33)34)21(36)32-15-4-2-13(10-30)17(6-15)25(27,28)29/h2-7,39H,8-9,12H2,1H3,(H,32,36)(H,33,34)(H,37,38)/t23-,24?/m0/s1. The molecule has 0 radical (unpaired) electrons. The van der Waals surface area contributed by atoms with Gasteiger partial charge in [-0.15, -0.1) is 0 Å². The molecule has 0 fully saturated rings. The van der Waals surface area contributed by atoms with Crippen LogP contribution in [-0.2, 0) is 30.1 Å². The van der Waals surface area contributed by atoms with Gasteiger partial charge in [0.25, 0.3) is 5.91 Å². The van der Waals surface area contributed by atoms with Gasteiger partial charge in [0.2, 0.25) is 5.60 Å². The second-order valence-electron chi connectivity index (χ2n) is 8.66. The molecule has 41 heavy (non-hydrogen) atoms. The Bertz CT molecular complexity index is 1470. The van der Waals surface area contributed by atoms with E-state index in [4.69, 9.17) is 25.1 Å². The van der Waals surface area contributed by atoms with E-state index in [-0.39, 0.29) is 11.3 Å². The van der Waals surface area contributed by atoms with E-state index in [0.29, 0.717) is 6.07 Å². The van der Waals surface area contributed by atoms with E-state index in [1.807, 2.05) is 5.32 Å². The number of esters is 1. The first-order valence-corrected chi connectivity index (χ1v) is 11.1. The third kappa shape index (κ3) is 8.13. The summed E-state index contributed by atoms with van der Waals surface area (Å²) in [6, 6.07) is 7.88. The van der Waals surface area contributed by atoms with Crippen LogP contribution in [-0.4, -0.2) is 56.9 Å². The summed E-state index contributed by atoms with van der Waals surface area (Å²) in [5, 5.41) is 48.0. The number of ether oxygens (including phenoxy) is 2. The molecule has 0 aliphatic carbocycles. The fraction of sp³-hybridized carbons (Fsp3) is 0.280. The van der Waals surface area contributed by atoms with Crippen molar-refractivity contribution in [1.29, 1.82) is 10.5 Å². The van der Waals surface area contributed by atoms with Crippen molar-refractivity contribution in [2.45, 2.75) is 37.1 Å². The molecule has 1 amide bonds. The summed E-state index contributed by atoms with van der Waals surface area (Å²) >= 11 is 0. The third-order valence-corrected chi connectivity index (χ3v) is 5.38. The molecule has 0 aliphatic rings. The second-order valence-corrected chi connectivity index (χ2v) is 8.66. The van der Waals surface area contributed by atoms with Crippen molar-refractivity contribution in [2.75, 3.05) is 11.9 Å². The minimum absolute atomic E-state index is 0.290. The number of carboxylic acid groups (broad SMARTS) is 2. The van der Waals surface area contributed by atoms with Crippen LogP contribution in [0.1, 0.15) is 36.5 Å². The Morgan fingerprint density at radius 3 is 2.10 bits per heavy atom. The number of amides is 1. The van der Waals surface area contributed by atoms with Crippen molar-refractivity contribution in [2.24, 2.45) is 0 Å². The van der Waals surface area contributed by atoms with Gasteiger partial charge >= 0.3 is 24.1 Å². The average molecular weight is 581 g/mol. The summed E-state index contributed by atoms with van der Waals surface area (Å²) in [4.78, 5) is 48.1.